The van der Waals surface area contributed by atoms with Gasteiger partial charge in [0.2, 0.25) is 5.91 Å². The van der Waals surface area contributed by atoms with E-state index in [0.717, 1.165) is 0 Å². The SMILES string of the molecule is CCOC(=O)N1CCN(C(=O)Nc2nc(CC(=O)Nc3cc(Cl)cc(Cl)c3)cs2)CC1. The maximum atomic E-state index is 12.4. The van der Waals surface area contributed by atoms with E-state index in [1.165, 1.54) is 11.3 Å². The first-order chi connectivity index (χ1) is 14.8. The molecule has 1 aromatic heterocycles. The summed E-state index contributed by atoms with van der Waals surface area (Å²) < 4.78 is 4.97. The van der Waals surface area contributed by atoms with Gasteiger partial charge in [0.15, 0.2) is 5.13 Å². The van der Waals surface area contributed by atoms with Gasteiger partial charge >= 0.3 is 12.1 Å². The lowest BCUT2D eigenvalue weighted by molar-refractivity contribution is -0.115. The first-order valence-electron chi connectivity index (χ1n) is 9.52. The molecule has 2 heterocycles. The van der Waals surface area contributed by atoms with E-state index < -0.39 is 0 Å². The summed E-state index contributed by atoms with van der Waals surface area (Å²) >= 11 is 13.1. The molecule has 0 aliphatic carbocycles. The van der Waals surface area contributed by atoms with Crippen LogP contribution in [0.3, 0.4) is 0 Å². The first kappa shape index (κ1) is 23.1. The third-order valence-corrected chi connectivity index (χ3v) is 5.59. The molecule has 12 heteroatoms. The van der Waals surface area contributed by atoms with E-state index in [0.29, 0.717) is 59.3 Å². The van der Waals surface area contributed by atoms with E-state index in [2.05, 4.69) is 15.6 Å². The molecule has 0 atom stereocenters. The van der Waals surface area contributed by atoms with Crippen molar-refractivity contribution in [2.75, 3.05) is 43.4 Å². The highest BCUT2D eigenvalue weighted by molar-refractivity contribution is 7.13. The zero-order valence-corrected chi connectivity index (χ0v) is 19.0. The minimum absolute atomic E-state index is 0.0364. The van der Waals surface area contributed by atoms with Gasteiger partial charge < -0.3 is 19.9 Å². The Morgan fingerprint density at radius 3 is 2.35 bits per heavy atom. The van der Waals surface area contributed by atoms with Gasteiger partial charge in [0.1, 0.15) is 0 Å². The Balaban J connectivity index is 1.48. The molecule has 0 saturated carbocycles. The second kappa shape index (κ2) is 10.7. The lowest BCUT2D eigenvalue weighted by atomic mass is 10.3. The van der Waals surface area contributed by atoms with Crippen LogP contribution in [0.5, 0.6) is 0 Å². The van der Waals surface area contributed by atoms with Crippen molar-refractivity contribution >= 4 is 63.4 Å². The second-order valence-corrected chi connectivity index (χ2v) is 8.36. The lowest BCUT2D eigenvalue weighted by Gasteiger charge is -2.33. The summed E-state index contributed by atoms with van der Waals surface area (Å²) in [5.41, 5.74) is 1.02. The van der Waals surface area contributed by atoms with Gasteiger partial charge in [-0.25, -0.2) is 14.6 Å². The van der Waals surface area contributed by atoms with Gasteiger partial charge in [-0.1, -0.05) is 23.2 Å². The van der Waals surface area contributed by atoms with E-state index in [1.54, 1.807) is 40.3 Å². The summed E-state index contributed by atoms with van der Waals surface area (Å²) in [5.74, 6) is -0.281. The Morgan fingerprint density at radius 2 is 1.71 bits per heavy atom. The molecule has 0 unspecified atom stereocenters. The van der Waals surface area contributed by atoms with E-state index in [1.807, 2.05) is 0 Å². The maximum absolute atomic E-state index is 12.4. The molecule has 166 valence electrons. The van der Waals surface area contributed by atoms with Crippen molar-refractivity contribution in [2.24, 2.45) is 0 Å². The summed E-state index contributed by atoms with van der Waals surface area (Å²) in [6, 6.07) is 4.46. The molecule has 1 aliphatic heterocycles. The van der Waals surface area contributed by atoms with Crippen molar-refractivity contribution in [3.63, 3.8) is 0 Å². The number of nitrogens with zero attached hydrogens (tertiary/aromatic N) is 3. The van der Waals surface area contributed by atoms with Crippen molar-refractivity contribution in [3.8, 4) is 0 Å². The maximum Gasteiger partial charge on any atom is 0.409 e. The van der Waals surface area contributed by atoms with Crippen molar-refractivity contribution in [1.29, 1.82) is 0 Å². The van der Waals surface area contributed by atoms with Gasteiger partial charge in [-0.05, 0) is 25.1 Å². The van der Waals surface area contributed by atoms with E-state index in [4.69, 9.17) is 27.9 Å². The molecular weight excluding hydrogens is 465 g/mol. The van der Waals surface area contributed by atoms with Gasteiger partial charge in [0.05, 0.1) is 18.7 Å². The highest BCUT2D eigenvalue weighted by Crippen LogP contribution is 2.23. The number of thiazole rings is 1. The van der Waals surface area contributed by atoms with Crippen LogP contribution in [-0.2, 0) is 16.0 Å². The number of anilines is 2. The molecule has 9 nitrogen and oxygen atoms in total. The second-order valence-electron chi connectivity index (χ2n) is 6.63. The van der Waals surface area contributed by atoms with Gasteiger partial charge in [0, 0.05) is 47.3 Å². The third-order valence-electron chi connectivity index (χ3n) is 4.35. The van der Waals surface area contributed by atoms with Crippen LogP contribution < -0.4 is 10.6 Å². The number of benzene rings is 1. The molecule has 2 aromatic rings. The highest BCUT2D eigenvalue weighted by atomic mass is 35.5. The van der Waals surface area contributed by atoms with Crippen molar-refractivity contribution in [1.82, 2.24) is 14.8 Å². The monoisotopic (exact) mass is 485 g/mol. The predicted molar refractivity (Wildman–Crippen MR) is 120 cm³/mol. The molecule has 1 aromatic carbocycles. The Bertz CT molecular complexity index is 942. The van der Waals surface area contributed by atoms with Gasteiger partial charge in [-0.2, -0.15) is 0 Å². The number of carbonyl (C=O) groups is 3. The van der Waals surface area contributed by atoms with Crippen LogP contribution >= 0.6 is 34.5 Å². The van der Waals surface area contributed by atoms with Crippen molar-refractivity contribution in [3.05, 3.63) is 39.3 Å². The van der Waals surface area contributed by atoms with Crippen LogP contribution in [0.1, 0.15) is 12.6 Å². The number of amides is 4. The third kappa shape index (κ3) is 6.71. The van der Waals surface area contributed by atoms with Crippen LogP contribution in [0.4, 0.5) is 20.4 Å². The molecule has 4 amide bonds. The molecule has 0 bridgehead atoms. The lowest BCUT2D eigenvalue weighted by Crippen LogP contribution is -2.51. The summed E-state index contributed by atoms with van der Waals surface area (Å²) in [6.07, 6.45) is -0.334. The number of piperazine rings is 1. The van der Waals surface area contributed by atoms with Crippen molar-refractivity contribution in [2.45, 2.75) is 13.3 Å². The molecule has 1 saturated heterocycles. The number of hydrogen-bond acceptors (Lipinski definition) is 6. The van der Waals surface area contributed by atoms with Gasteiger partial charge in [-0.15, -0.1) is 11.3 Å². The fourth-order valence-corrected chi connectivity index (χ4v) is 4.14. The summed E-state index contributed by atoms with van der Waals surface area (Å²) in [6.45, 7) is 3.67. The largest absolute Gasteiger partial charge is 0.450 e. The van der Waals surface area contributed by atoms with Crippen LogP contribution in [0.2, 0.25) is 10.0 Å². The number of halogens is 2. The topological polar surface area (TPSA) is 104 Å². The van der Waals surface area contributed by atoms with E-state index in [9.17, 15) is 14.4 Å². The van der Waals surface area contributed by atoms with Gasteiger partial charge in [-0.3, -0.25) is 10.1 Å². The number of hydrogen-bond donors (Lipinski definition) is 2. The molecule has 2 N–H and O–H groups in total. The average Bonchev–Trinajstić information content (AvgIpc) is 3.13. The number of urea groups is 1. The summed E-state index contributed by atoms with van der Waals surface area (Å²) in [7, 11) is 0. The van der Waals surface area contributed by atoms with E-state index in [-0.39, 0.29) is 24.5 Å². The van der Waals surface area contributed by atoms with Crippen LogP contribution in [0.15, 0.2) is 23.6 Å². The zero-order valence-electron chi connectivity index (χ0n) is 16.7. The molecular formula is C19H21Cl2N5O4S. The van der Waals surface area contributed by atoms with Crippen LogP contribution in [0, 0.1) is 0 Å². The minimum Gasteiger partial charge on any atom is -0.450 e. The fourth-order valence-electron chi connectivity index (χ4n) is 2.92. The Labute approximate surface area is 193 Å². The Hall–Kier alpha value is -2.56. The van der Waals surface area contributed by atoms with Crippen LogP contribution in [0.25, 0.3) is 0 Å². The Kier molecular flexibility index (Phi) is 7.94. The van der Waals surface area contributed by atoms with E-state index >= 15 is 0 Å². The minimum atomic E-state index is -0.370. The first-order valence-corrected chi connectivity index (χ1v) is 11.2. The molecule has 1 aliphatic rings. The van der Waals surface area contributed by atoms with Crippen LogP contribution in [-0.4, -0.2) is 65.6 Å². The number of ether oxygens (including phenoxy) is 1. The smallest absolute Gasteiger partial charge is 0.409 e. The summed E-state index contributed by atoms with van der Waals surface area (Å²) in [5, 5.41) is 8.39. The number of nitrogens with one attached hydrogen (secondary N) is 2. The highest BCUT2D eigenvalue weighted by Gasteiger charge is 2.25. The average molecular weight is 486 g/mol. The molecule has 0 spiro atoms. The number of carbonyl (C=O) groups excluding carboxylic acids is 3. The molecule has 1 fully saturated rings. The predicted octanol–water partition coefficient (Wildman–Crippen LogP) is 3.94. The fraction of sp³-hybridized carbons (Fsp3) is 0.368. The summed E-state index contributed by atoms with van der Waals surface area (Å²) in [4.78, 5) is 43.9. The number of rotatable bonds is 5. The number of aromatic nitrogens is 1. The molecule has 31 heavy (non-hydrogen) atoms. The Morgan fingerprint density at radius 1 is 1.06 bits per heavy atom. The normalized spacial score (nSPS) is 13.6. The standard InChI is InChI=1S/C19H21Cl2N5O4S/c1-2-30-19(29)26-5-3-25(4-6-26)18(28)24-17-23-15(11-31-17)10-16(27)22-14-8-12(20)7-13(21)9-14/h7-9,11H,2-6,10H2,1H3,(H,22,27)(H,23,24,28). The molecule has 3 rings (SSSR count). The van der Waals surface area contributed by atoms with Gasteiger partial charge in [0.25, 0.3) is 0 Å². The zero-order chi connectivity index (χ0) is 22.4. The molecule has 0 radical (unpaired) electrons. The quantitative estimate of drug-likeness (QED) is 0.667. The van der Waals surface area contributed by atoms with Crippen molar-refractivity contribution < 1.29 is 19.1 Å².